The summed E-state index contributed by atoms with van der Waals surface area (Å²) in [4.78, 5) is 25.1. The lowest BCUT2D eigenvalue weighted by Gasteiger charge is -2.42. The fourth-order valence-electron chi connectivity index (χ4n) is 4.33. The van der Waals surface area contributed by atoms with E-state index in [1.165, 1.54) is 4.90 Å². The van der Waals surface area contributed by atoms with Crippen molar-refractivity contribution in [1.82, 2.24) is 10.2 Å². The van der Waals surface area contributed by atoms with Crippen LogP contribution in [0.3, 0.4) is 0 Å². The van der Waals surface area contributed by atoms with Gasteiger partial charge in [-0.3, -0.25) is 4.79 Å². The van der Waals surface area contributed by atoms with Crippen LogP contribution in [0.5, 0.6) is 0 Å². The summed E-state index contributed by atoms with van der Waals surface area (Å²) in [6.07, 6.45) is 2.73. The molecule has 0 saturated heterocycles. The van der Waals surface area contributed by atoms with E-state index in [0.717, 1.165) is 23.1 Å². The molecule has 0 aromatic heterocycles. The van der Waals surface area contributed by atoms with Gasteiger partial charge >= 0.3 is 12.0 Å². The molecule has 2 amide bonds. The van der Waals surface area contributed by atoms with Gasteiger partial charge in [-0.2, -0.15) is 0 Å². The summed E-state index contributed by atoms with van der Waals surface area (Å²) in [5.41, 5.74) is 2.54. The predicted octanol–water partition coefficient (Wildman–Crippen LogP) is 6.13. The van der Waals surface area contributed by atoms with Gasteiger partial charge in [0.1, 0.15) is 0 Å². The third kappa shape index (κ3) is 5.57. The summed E-state index contributed by atoms with van der Waals surface area (Å²) in [7, 11) is 0. The molecule has 2 atom stereocenters. The van der Waals surface area contributed by atoms with E-state index in [1.54, 1.807) is 6.20 Å². The van der Waals surface area contributed by atoms with Crippen molar-refractivity contribution < 1.29 is 14.7 Å². The molecule has 1 aromatic carbocycles. The highest BCUT2D eigenvalue weighted by Gasteiger charge is 2.40. The maximum atomic E-state index is 12.7. The molecule has 1 aliphatic rings. The number of halogens is 1. The Kier molecular flexibility index (Phi) is 7.28. The average molecular weight is 435 g/mol. The molecule has 1 aliphatic heterocycles. The van der Waals surface area contributed by atoms with Gasteiger partial charge in [0.15, 0.2) is 0 Å². The van der Waals surface area contributed by atoms with E-state index in [0.29, 0.717) is 10.9 Å². The molecular weight excluding hydrogens is 400 g/mol. The van der Waals surface area contributed by atoms with Crippen LogP contribution in [0, 0.1) is 11.3 Å². The molecule has 2 rings (SSSR count). The van der Waals surface area contributed by atoms with E-state index < -0.39 is 11.5 Å². The van der Waals surface area contributed by atoms with E-state index >= 15 is 0 Å². The van der Waals surface area contributed by atoms with Crippen LogP contribution in [0.15, 0.2) is 30.0 Å². The van der Waals surface area contributed by atoms with Crippen molar-refractivity contribution >= 4 is 23.6 Å². The van der Waals surface area contributed by atoms with E-state index in [4.69, 9.17) is 16.7 Å². The molecule has 0 saturated carbocycles. The Morgan fingerprint density at radius 1 is 1.27 bits per heavy atom. The Bertz CT molecular complexity index is 841. The molecule has 0 spiro atoms. The van der Waals surface area contributed by atoms with E-state index in [-0.39, 0.29) is 30.3 Å². The second-order valence-electron chi connectivity index (χ2n) is 10.0. The summed E-state index contributed by atoms with van der Waals surface area (Å²) < 4.78 is 0. The third-order valence-corrected chi connectivity index (χ3v) is 6.03. The predicted molar refractivity (Wildman–Crippen MR) is 122 cm³/mol. The standard InChI is InChI=1S/C24H35ClN2O3/c1-15(2)19-14-27(11-10-21(28)29)22(30)26-24(19,7)17-8-9-18(20(25)12-17)16(3)13-23(4,5)6/h8-9,12,14-16H,10-11,13H2,1-7H3,(H,26,30)(H,28,29)/t16-,24+/m1/s1. The van der Waals surface area contributed by atoms with Crippen LogP contribution in [-0.2, 0) is 10.3 Å². The van der Waals surface area contributed by atoms with Gasteiger partial charge in [0.25, 0.3) is 0 Å². The number of carbonyl (C=O) groups excluding carboxylic acids is 1. The second kappa shape index (κ2) is 9.01. The van der Waals surface area contributed by atoms with Crippen LogP contribution in [0.1, 0.15) is 78.4 Å². The highest BCUT2D eigenvalue weighted by Crippen LogP contribution is 2.40. The Morgan fingerprint density at radius 2 is 1.90 bits per heavy atom. The number of nitrogens with one attached hydrogen (secondary N) is 1. The molecule has 0 aliphatic carbocycles. The number of hydrogen-bond donors (Lipinski definition) is 2. The molecule has 6 heteroatoms. The van der Waals surface area contributed by atoms with Gasteiger partial charge in [-0.25, -0.2) is 4.79 Å². The molecule has 30 heavy (non-hydrogen) atoms. The van der Waals surface area contributed by atoms with Gasteiger partial charge in [-0.15, -0.1) is 0 Å². The van der Waals surface area contributed by atoms with Crippen molar-refractivity contribution in [2.24, 2.45) is 11.3 Å². The van der Waals surface area contributed by atoms with Gasteiger partial charge in [-0.1, -0.05) is 65.3 Å². The Labute approximate surface area is 185 Å². The number of carboxylic acid groups (broad SMARTS) is 1. The quantitative estimate of drug-likeness (QED) is 0.541. The van der Waals surface area contributed by atoms with Crippen molar-refractivity contribution in [3.63, 3.8) is 0 Å². The lowest BCUT2D eigenvalue weighted by molar-refractivity contribution is -0.137. The molecular formula is C24H35ClN2O3. The SMILES string of the molecule is CC(C)C1=CN(CCC(=O)O)C(=O)N[C@@]1(C)c1ccc([C@H](C)CC(C)(C)C)c(Cl)c1. The van der Waals surface area contributed by atoms with Crippen LogP contribution >= 0.6 is 11.6 Å². The normalized spacial score (nSPS) is 20.8. The van der Waals surface area contributed by atoms with Crippen molar-refractivity contribution in [3.05, 3.63) is 46.1 Å². The Morgan fingerprint density at radius 3 is 2.40 bits per heavy atom. The van der Waals surface area contributed by atoms with Crippen molar-refractivity contribution in [3.8, 4) is 0 Å². The van der Waals surface area contributed by atoms with Gasteiger partial charge in [0.2, 0.25) is 0 Å². The van der Waals surface area contributed by atoms with Gasteiger partial charge in [0.05, 0.1) is 12.0 Å². The Balaban J connectivity index is 2.41. The average Bonchev–Trinajstić information content (AvgIpc) is 2.58. The van der Waals surface area contributed by atoms with Crippen LogP contribution in [0.25, 0.3) is 0 Å². The number of amides is 2. The van der Waals surface area contributed by atoms with E-state index in [9.17, 15) is 9.59 Å². The van der Waals surface area contributed by atoms with Gasteiger partial charge in [0, 0.05) is 17.8 Å². The number of carboxylic acids is 1. The lowest BCUT2D eigenvalue weighted by Crippen LogP contribution is -2.55. The largest absolute Gasteiger partial charge is 0.481 e. The first-order valence-corrected chi connectivity index (χ1v) is 10.9. The van der Waals surface area contributed by atoms with E-state index in [2.05, 4.69) is 52.9 Å². The van der Waals surface area contributed by atoms with Crippen LogP contribution in [-0.4, -0.2) is 28.6 Å². The first kappa shape index (κ1) is 24.3. The minimum Gasteiger partial charge on any atom is -0.481 e. The van der Waals surface area contributed by atoms with Crippen LogP contribution in [0.4, 0.5) is 4.79 Å². The zero-order chi connectivity index (χ0) is 22.9. The second-order valence-corrected chi connectivity index (χ2v) is 10.4. The number of hydrogen-bond acceptors (Lipinski definition) is 2. The highest BCUT2D eigenvalue weighted by atomic mass is 35.5. The number of carbonyl (C=O) groups is 2. The topological polar surface area (TPSA) is 69.6 Å². The minimum absolute atomic E-state index is 0.0990. The molecule has 0 unspecified atom stereocenters. The maximum Gasteiger partial charge on any atom is 0.322 e. The number of aliphatic carboxylic acids is 1. The number of nitrogens with zero attached hydrogens (tertiary/aromatic N) is 1. The van der Waals surface area contributed by atoms with Gasteiger partial charge in [-0.05, 0) is 53.4 Å². The monoisotopic (exact) mass is 434 g/mol. The zero-order valence-corrected chi connectivity index (χ0v) is 19.9. The van der Waals surface area contributed by atoms with Crippen LogP contribution in [0.2, 0.25) is 5.02 Å². The molecule has 1 heterocycles. The van der Waals surface area contributed by atoms with Crippen molar-refractivity contribution in [2.75, 3.05) is 6.54 Å². The first-order chi connectivity index (χ1) is 13.7. The minimum atomic E-state index is -0.928. The summed E-state index contributed by atoms with van der Waals surface area (Å²) in [5, 5.41) is 12.8. The van der Waals surface area contributed by atoms with Gasteiger partial charge < -0.3 is 15.3 Å². The number of urea groups is 1. The molecule has 0 fully saturated rings. The zero-order valence-electron chi connectivity index (χ0n) is 19.2. The van der Waals surface area contributed by atoms with Crippen molar-refractivity contribution in [1.29, 1.82) is 0 Å². The third-order valence-electron chi connectivity index (χ3n) is 5.71. The summed E-state index contributed by atoms with van der Waals surface area (Å²) >= 11 is 6.70. The number of rotatable bonds is 7. The lowest BCUT2D eigenvalue weighted by atomic mass is 9.77. The molecule has 2 N–H and O–H groups in total. The smallest absolute Gasteiger partial charge is 0.322 e. The maximum absolute atomic E-state index is 12.7. The summed E-state index contributed by atoms with van der Waals surface area (Å²) in [5.74, 6) is -0.449. The Hall–Kier alpha value is -2.01. The molecule has 166 valence electrons. The summed E-state index contributed by atoms with van der Waals surface area (Å²) in [6.45, 7) is 15.1. The number of benzene rings is 1. The summed E-state index contributed by atoms with van der Waals surface area (Å²) in [6, 6.07) is 5.77. The van der Waals surface area contributed by atoms with E-state index in [1.807, 2.05) is 19.1 Å². The molecule has 5 nitrogen and oxygen atoms in total. The molecule has 0 bridgehead atoms. The molecule has 0 radical (unpaired) electrons. The highest BCUT2D eigenvalue weighted by molar-refractivity contribution is 6.31. The fraction of sp³-hybridized carbons (Fsp3) is 0.583. The fourth-order valence-corrected chi connectivity index (χ4v) is 4.69. The first-order valence-electron chi connectivity index (χ1n) is 10.6. The molecule has 1 aromatic rings. The van der Waals surface area contributed by atoms with Crippen molar-refractivity contribution in [2.45, 2.75) is 72.8 Å². The van der Waals surface area contributed by atoms with Crippen LogP contribution < -0.4 is 5.32 Å².